The lowest BCUT2D eigenvalue weighted by Crippen LogP contribution is -2.58. The number of carbonyl (C=O) groups is 4. The molecule has 18 nitrogen and oxygen atoms in total. The third kappa shape index (κ3) is 12.0. The highest BCUT2D eigenvalue weighted by molar-refractivity contribution is 6.06. The molecule has 0 bridgehead atoms. The van der Waals surface area contributed by atoms with E-state index in [-0.39, 0.29) is 99.3 Å². The minimum atomic E-state index is -0.805. The average Bonchev–Trinajstić information content (AvgIpc) is 4.24. The molecular weight excluding hydrogens is 989 g/mol. The summed E-state index contributed by atoms with van der Waals surface area (Å²) in [6, 6.07) is 9.06. The smallest absolute Gasteiger partial charge is 0.419 e. The molecule has 2 fully saturated rings. The Morgan fingerprint density at radius 1 is 0.782 bits per heavy atom. The van der Waals surface area contributed by atoms with Gasteiger partial charge >= 0.3 is 24.1 Å². The Balaban J connectivity index is 0.000000253. The van der Waals surface area contributed by atoms with Crippen molar-refractivity contribution in [1.82, 2.24) is 34.1 Å². The number of anilines is 1. The lowest BCUT2D eigenvalue weighted by molar-refractivity contribution is -0.167. The van der Waals surface area contributed by atoms with Gasteiger partial charge in [0.15, 0.2) is 11.3 Å². The fourth-order valence-electron chi connectivity index (χ4n) is 11.2. The van der Waals surface area contributed by atoms with Gasteiger partial charge in [-0.05, 0) is 75.3 Å². The molecule has 4 unspecified atom stereocenters. The van der Waals surface area contributed by atoms with Crippen LogP contribution in [0.25, 0.3) is 21.0 Å². The van der Waals surface area contributed by atoms with Crippen LogP contribution in [0.2, 0.25) is 0 Å². The standard InChI is InChI=1S/C31H41N5O4.C29H41N5O4/c1-8-10-14-22-17-20(4)26(21(5)18-22)39-30(37)24-25(32-6)29(36-28(24)33-27(34-36)19(3)9-2)40-31(38)35(7)23-15-12-11-13-16-23;1-11-17-33(18-12-2)26(36)37-24-21(30-10)20(23-31-22(19(4)13-3)32-34(23)24)25(35)38-29(9)27(5,6)15-14-16-28(29,7)8/h11-13,15-16,19-22,26H,8-10,14,17-18H2,1-5,7H3,(H,33,34);11-12,19H,1-2,13-18H2,3-9H3,(H,31,32). The quantitative estimate of drug-likeness (QED) is 0.0486. The number of aromatic amines is 2. The van der Waals surface area contributed by atoms with Crippen LogP contribution in [0.4, 0.5) is 26.7 Å². The molecule has 2 N–H and O–H groups in total. The van der Waals surface area contributed by atoms with Crippen LogP contribution in [0.3, 0.4) is 0 Å². The third-order valence-electron chi connectivity index (χ3n) is 16.8. The number of aromatic nitrogens is 6. The molecule has 4 atom stereocenters. The maximum atomic E-state index is 14.0. The first kappa shape index (κ1) is 59.9. The molecule has 5 aromatic rings. The molecule has 2 aliphatic carbocycles. The molecule has 0 spiro atoms. The Labute approximate surface area is 460 Å². The van der Waals surface area contributed by atoms with Crippen molar-refractivity contribution in [2.75, 3.05) is 25.0 Å². The maximum Gasteiger partial charge on any atom is 0.419 e. The topological polar surface area (TPSA) is 187 Å². The molecule has 78 heavy (non-hydrogen) atoms. The largest absolute Gasteiger partial charge is 0.459 e. The summed E-state index contributed by atoms with van der Waals surface area (Å²) < 4.78 is 26.8. The number of para-hydroxylation sites is 1. The van der Waals surface area contributed by atoms with Gasteiger partial charge < -0.3 is 23.8 Å². The van der Waals surface area contributed by atoms with Gasteiger partial charge in [0.1, 0.15) is 34.5 Å². The van der Waals surface area contributed by atoms with Crippen LogP contribution in [0.1, 0.15) is 191 Å². The van der Waals surface area contributed by atoms with E-state index in [0.29, 0.717) is 23.3 Å². The molecule has 7 rings (SSSR count). The molecule has 0 radical (unpaired) electrons. The van der Waals surface area contributed by atoms with Crippen LogP contribution in [0, 0.1) is 41.7 Å². The number of hydrogen-bond acceptors (Lipinski definition) is 10. The fourth-order valence-corrected chi connectivity index (χ4v) is 11.2. The minimum Gasteiger partial charge on any atom is -0.459 e. The molecule has 4 aromatic heterocycles. The van der Waals surface area contributed by atoms with Crippen LogP contribution >= 0.6 is 0 Å². The number of unbranched alkanes of at least 4 members (excludes halogenated alkanes) is 1. The molecular formula is C60H82N10O8. The van der Waals surface area contributed by atoms with E-state index < -0.39 is 29.7 Å². The Morgan fingerprint density at radius 3 is 1.71 bits per heavy atom. The second kappa shape index (κ2) is 25.0. The zero-order chi connectivity index (χ0) is 57.4. The highest BCUT2D eigenvalue weighted by Crippen LogP contribution is 2.56. The molecule has 2 amide bonds. The highest BCUT2D eigenvalue weighted by Gasteiger charge is 2.57. The summed E-state index contributed by atoms with van der Waals surface area (Å²) in [5.41, 5.74) is -0.519. The summed E-state index contributed by atoms with van der Waals surface area (Å²) >= 11 is 0. The van der Waals surface area contributed by atoms with Crippen molar-refractivity contribution in [3.05, 3.63) is 101 Å². The Morgan fingerprint density at radius 2 is 1.26 bits per heavy atom. The van der Waals surface area contributed by atoms with E-state index >= 15 is 0 Å². The fraction of sp³-hybridized carbons (Fsp3) is 0.567. The molecule has 2 aliphatic rings. The zero-order valence-corrected chi connectivity index (χ0v) is 48.2. The van der Waals surface area contributed by atoms with Crippen molar-refractivity contribution >= 4 is 52.5 Å². The van der Waals surface area contributed by atoms with Gasteiger partial charge in [-0.2, -0.15) is 0 Å². The first-order valence-corrected chi connectivity index (χ1v) is 27.6. The van der Waals surface area contributed by atoms with Gasteiger partial charge in [-0.25, -0.2) is 47.9 Å². The number of nitrogens with one attached hydrogen (secondary N) is 2. The summed E-state index contributed by atoms with van der Waals surface area (Å²) in [6.45, 7) is 48.7. The lowest BCUT2D eigenvalue weighted by Gasteiger charge is -2.56. The lowest BCUT2D eigenvalue weighted by atomic mass is 9.54. The Kier molecular flexibility index (Phi) is 19.2. The van der Waals surface area contributed by atoms with E-state index in [1.54, 1.807) is 31.3 Å². The monoisotopic (exact) mass is 1070 g/mol. The summed E-state index contributed by atoms with van der Waals surface area (Å²) in [5.74, 6) is 0.968. The summed E-state index contributed by atoms with van der Waals surface area (Å²) in [5, 5.41) is 6.29. The Bertz CT molecular complexity index is 3020. The molecule has 18 heteroatoms. The zero-order valence-electron chi connectivity index (χ0n) is 48.2. The van der Waals surface area contributed by atoms with E-state index in [9.17, 15) is 19.2 Å². The van der Waals surface area contributed by atoms with Gasteiger partial charge in [-0.15, -0.1) is 13.2 Å². The SMILES string of the molecule is [C-]#[N+]c1c(C(=O)OC2(C)C(C)(C)CCCC2(C)C)c2nc(C(C)CC)[nH]n2c1OC(=O)N(CC=C)CC=C.[C-]#[N+]c1c(C(=O)OC2C(C)CC(CCCC)CC2C)c2nc(C(C)CC)[nH]n2c1OC(=O)N(C)c1ccccc1. The number of hydrogen-bond donors (Lipinski definition) is 2. The van der Waals surface area contributed by atoms with E-state index in [1.807, 2.05) is 52.8 Å². The number of nitrogens with zero attached hydrogens (tertiary/aromatic N) is 8. The van der Waals surface area contributed by atoms with Crippen molar-refractivity contribution in [1.29, 1.82) is 0 Å². The predicted molar refractivity (Wildman–Crippen MR) is 303 cm³/mol. The second-order valence-corrected chi connectivity index (χ2v) is 22.9. The summed E-state index contributed by atoms with van der Waals surface area (Å²) in [7, 11) is 1.59. The van der Waals surface area contributed by atoms with Gasteiger partial charge in [-0.3, -0.25) is 15.1 Å². The first-order chi connectivity index (χ1) is 37.0. The van der Waals surface area contributed by atoms with Gasteiger partial charge in [0.25, 0.3) is 11.4 Å². The summed E-state index contributed by atoms with van der Waals surface area (Å²) in [6.07, 6.45) is 11.6. The van der Waals surface area contributed by atoms with Gasteiger partial charge in [0, 0.05) is 48.5 Å². The van der Waals surface area contributed by atoms with Crippen molar-refractivity contribution < 1.29 is 38.1 Å². The molecule has 420 valence electrons. The maximum absolute atomic E-state index is 14.0. The van der Waals surface area contributed by atoms with Crippen molar-refractivity contribution in [2.45, 2.75) is 171 Å². The van der Waals surface area contributed by atoms with Crippen LogP contribution in [0.5, 0.6) is 11.8 Å². The molecule has 0 saturated heterocycles. The number of benzene rings is 1. The van der Waals surface area contributed by atoms with E-state index in [2.05, 4.69) is 91.5 Å². The molecule has 1 aromatic carbocycles. The number of fused-ring (bicyclic) bond motifs is 2. The van der Waals surface area contributed by atoms with E-state index in [4.69, 9.17) is 32.1 Å². The molecule has 0 aliphatic heterocycles. The van der Waals surface area contributed by atoms with E-state index in [1.165, 1.54) is 38.1 Å². The first-order valence-electron chi connectivity index (χ1n) is 27.6. The minimum absolute atomic E-state index is 0.00834. The van der Waals surface area contributed by atoms with Crippen LogP contribution in [-0.2, 0) is 9.47 Å². The highest BCUT2D eigenvalue weighted by atomic mass is 16.6. The average molecular weight is 1070 g/mol. The second-order valence-electron chi connectivity index (χ2n) is 22.9. The van der Waals surface area contributed by atoms with Crippen molar-refractivity contribution in [3.8, 4) is 11.8 Å². The number of carbonyl (C=O) groups excluding carboxylic acids is 4. The number of H-pyrrole nitrogens is 2. The Hall–Kier alpha value is -7.34. The van der Waals surface area contributed by atoms with Crippen molar-refractivity contribution in [2.24, 2.45) is 28.6 Å². The molecule has 2 saturated carbocycles. The normalized spacial score (nSPS) is 19.9. The number of esters is 2. The predicted octanol–water partition coefficient (Wildman–Crippen LogP) is 14.8. The summed E-state index contributed by atoms with van der Waals surface area (Å²) in [4.78, 5) is 73.3. The number of rotatable bonds is 18. The van der Waals surface area contributed by atoms with Crippen LogP contribution < -0.4 is 14.4 Å². The number of ether oxygens (including phenoxy) is 4. The van der Waals surface area contributed by atoms with E-state index in [0.717, 1.165) is 44.9 Å². The number of amides is 2. The molecule has 4 heterocycles. The van der Waals surface area contributed by atoms with Gasteiger partial charge in [0.05, 0.1) is 13.1 Å². The van der Waals surface area contributed by atoms with Crippen LogP contribution in [0.15, 0.2) is 55.6 Å². The van der Waals surface area contributed by atoms with Crippen LogP contribution in [-0.4, -0.2) is 90.1 Å². The third-order valence-corrected chi connectivity index (χ3v) is 16.8. The van der Waals surface area contributed by atoms with Crippen molar-refractivity contribution in [3.63, 3.8) is 0 Å². The van der Waals surface area contributed by atoms with Gasteiger partial charge in [0.2, 0.25) is 11.8 Å². The van der Waals surface area contributed by atoms with Gasteiger partial charge in [-0.1, -0.05) is 132 Å².